The highest BCUT2D eigenvalue weighted by atomic mass is 79.9. The number of hydrazone groups is 1. The summed E-state index contributed by atoms with van der Waals surface area (Å²) in [6, 6.07) is 11.5. The van der Waals surface area contributed by atoms with Gasteiger partial charge in [-0.05, 0) is 54.8 Å². The van der Waals surface area contributed by atoms with Gasteiger partial charge in [0.2, 0.25) is 0 Å². The molecule has 0 bridgehead atoms. The van der Waals surface area contributed by atoms with Crippen molar-refractivity contribution in [3.8, 4) is 5.75 Å². The summed E-state index contributed by atoms with van der Waals surface area (Å²) in [6.07, 6.45) is 1.58. The van der Waals surface area contributed by atoms with Crippen LogP contribution < -0.4 is 10.2 Å². The minimum absolute atomic E-state index is 0.0824. The van der Waals surface area contributed by atoms with Crippen LogP contribution in [0.4, 0.5) is 0 Å². The van der Waals surface area contributed by atoms with Crippen LogP contribution in [0.5, 0.6) is 5.75 Å². The average molecular weight is 440 g/mol. The fourth-order valence-electron chi connectivity index (χ4n) is 2.02. The monoisotopic (exact) mass is 438 g/mol. The zero-order valence-electron chi connectivity index (χ0n) is 12.8. The number of amides is 1. The molecule has 0 aliphatic rings. The minimum atomic E-state index is -0.305. The van der Waals surface area contributed by atoms with Gasteiger partial charge in [-0.3, -0.25) is 4.79 Å². The molecule has 0 heterocycles. The number of hydrogen-bond acceptors (Lipinski definition) is 3. The van der Waals surface area contributed by atoms with Crippen LogP contribution in [0.1, 0.15) is 16.7 Å². The van der Waals surface area contributed by atoms with Crippen molar-refractivity contribution < 1.29 is 9.53 Å². The van der Waals surface area contributed by atoms with E-state index in [1.807, 2.05) is 50.2 Å². The van der Waals surface area contributed by atoms with Crippen LogP contribution in [-0.2, 0) is 4.79 Å². The molecule has 120 valence electrons. The fraction of sp³-hybridized carbons (Fsp3) is 0.176. The van der Waals surface area contributed by atoms with Gasteiger partial charge in [-0.2, -0.15) is 5.10 Å². The van der Waals surface area contributed by atoms with Gasteiger partial charge >= 0.3 is 0 Å². The predicted molar refractivity (Wildman–Crippen MR) is 99.0 cm³/mol. The summed E-state index contributed by atoms with van der Waals surface area (Å²) in [6.45, 7) is 3.80. The first-order valence-electron chi connectivity index (χ1n) is 6.92. The number of carbonyl (C=O) groups is 1. The van der Waals surface area contributed by atoms with Gasteiger partial charge in [-0.15, -0.1) is 0 Å². The summed E-state index contributed by atoms with van der Waals surface area (Å²) in [5.41, 5.74) is 5.30. The first-order valence-corrected chi connectivity index (χ1v) is 8.51. The zero-order chi connectivity index (χ0) is 16.8. The number of nitrogens with one attached hydrogen (secondary N) is 1. The molecule has 6 heteroatoms. The van der Waals surface area contributed by atoms with Crippen LogP contribution >= 0.6 is 31.9 Å². The molecule has 0 aliphatic heterocycles. The van der Waals surface area contributed by atoms with Gasteiger partial charge in [-0.25, -0.2) is 5.43 Å². The molecule has 2 aromatic carbocycles. The van der Waals surface area contributed by atoms with Gasteiger partial charge in [0, 0.05) is 8.95 Å². The quantitative estimate of drug-likeness (QED) is 0.555. The topological polar surface area (TPSA) is 50.7 Å². The van der Waals surface area contributed by atoms with Crippen molar-refractivity contribution in [3.05, 3.63) is 62.0 Å². The smallest absolute Gasteiger partial charge is 0.277 e. The summed E-state index contributed by atoms with van der Waals surface area (Å²) in [5.74, 6) is 0.417. The van der Waals surface area contributed by atoms with E-state index in [4.69, 9.17) is 4.74 Å². The molecule has 0 fully saturated rings. The van der Waals surface area contributed by atoms with Crippen molar-refractivity contribution in [1.29, 1.82) is 0 Å². The lowest BCUT2D eigenvalue weighted by atomic mass is 10.1. The largest absolute Gasteiger partial charge is 0.483 e. The second kappa shape index (κ2) is 8.26. The highest BCUT2D eigenvalue weighted by molar-refractivity contribution is 9.10. The van der Waals surface area contributed by atoms with Gasteiger partial charge in [0.15, 0.2) is 6.61 Å². The molecule has 0 saturated carbocycles. The molecule has 0 saturated heterocycles. The van der Waals surface area contributed by atoms with Gasteiger partial charge in [0.25, 0.3) is 5.91 Å². The number of halogens is 2. The molecule has 2 aromatic rings. The third-order valence-electron chi connectivity index (χ3n) is 3.05. The Bertz CT molecular complexity index is 705. The van der Waals surface area contributed by atoms with Crippen molar-refractivity contribution in [2.24, 2.45) is 5.10 Å². The molecule has 0 aromatic heterocycles. The van der Waals surface area contributed by atoms with Crippen molar-refractivity contribution in [2.75, 3.05) is 6.61 Å². The van der Waals surface area contributed by atoms with E-state index in [2.05, 4.69) is 42.4 Å². The van der Waals surface area contributed by atoms with E-state index in [-0.39, 0.29) is 12.5 Å². The Hall–Kier alpha value is -1.66. The lowest BCUT2D eigenvalue weighted by Gasteiger charge is -2.11. The molecule has 1 N–H and O–H groups in total. The predicted octanol–water partition coefficient (Wildman–Crippen LogP) is 4.36. The highest BCUT2D eigenvalue weighted by Crippen LogP contribution is 2.27. The van der Waals surface area contributed by atoms with E-state index in [1.54, 1.807) is 6.21 Å². The third-order valence-corrected chi connectivity index (χ3v) is 4.03. The molecular weight excluding hydrogens is 424 g/mol. The Morgan fingerprint density at radius 1 is 1.13 bits per heavy atom. The molecular formula is C17H16Br2N2O2. The van der Waals surface area contributed by atoms with Gasteiger partial charge in [-0.1, -0.05) is 44.0 Å². The van der Waals surface area contributed by atoms with Crippen LogP contribution in [0.15, 0.2) is 50.4 Å². The number of carbonyl (C=O) groups excluding carboxylic acids is 1. The van der Waals surface area contributed by atoms with Crippen LogP contribution in [-0.4, -0.2) is 18.7 Å². The van der Waals surface area contributed by atoms with E-state index >= 15 is 0 Å². The Balaban J connectivity index is 1.87. The maximum absolute atomic E-state index is 11.8. The average Bonchev–Trinajstić information content (AvgIpc) is 2.48. The first kappa shape index (κ1) is 17.7. The Labute approximate surface area is 152 Å². The molecule has 0 spiro atoms. The molecule has 1 amide bonds. The summed E-state index contributed by atoms with van der Waals surface area (Å²) >= 11 is 6.79. The number of benzene rings is 2. The molecule has 4 nitrogen and oxygen atoms in total. The Morgan fingerprint density at radius 2 is 1.74 bits per heavy atom. The molecule has 0 atom stereocenters. The summed E-state index contributed by atoms with van der Waals surface area (Å²) < 4.78 is 7.57. The third kappa shape index (κ3) is 5.48. The van der Waals surface area contributed by atoms with E-state index in [0.717, 1.165) is 31.4 Å². The number of hydrogen-bond donors (Lipinski definition) is 1. The van der Waals surface area contributed by atoms with Crippen molar-refractivity contribution in [1.82, 2.24) is 5.43 Å². The van der Waals surface area contributed by atoms with Gasteiger partial charge in [0.05, 0.1) is 6.21 Å². The number of ether oxygens (including phenoxy) is 1. The number of rotatable bonds is 5. The van der Waals surface area contributed by atoms with Crippen LogP contribution in [0.2, 0.25) is 0 Å². The zero-order valence-corrected chi connectivity index (χ0v) is 15.9. The summed E-state index contributed by atoms with van der Waals surface area (Å²) in [5, 5.41) is 3.92. The molecule has 2 rings (SSSR count). The van der Waals surface area contributed by atoms with Crippen LogP contribution in [0.3, 0.4) is 0 Å². The van der Waals surface area contributed by atoms with Crippen molar-refractivity contribution in [2.45, 2.75) is 13.8 Å². The molecule has 23 heavy (non-hydrogen) atoms. The molecule has 0 aliphatic carbocycles. The van der Waals surface area contributed by atoms with E-state index in [9.17, 15) is 4.79 Å². The maximum atomic E-state index is 11.8. The van der Waals surface area contributed by atoms with Crippen molar-refractivity contribution >= 4 is 44.0 Å². The second-order valence-electron chi connectivity index (χ2n) is 5.00. The number of nitrogens with zero attached hydrogens (tertiary/aromatic N) is 1. The standard InChI is InChI=1S/C17H16Br2N2O2/c1-11-7-15(19)8-12(2)17(11)23-10-16(22)21-20-9-13-3-5-14(18)6-4-13/h3-9H,10H2,1-2H3,(H,21,22). The minimum Gasteiger partial charge on any atom is -0.483 e. The second-order valence-corrected chi connectivity index (χ2v) is 6.83. The Kier molecular flexibility index (Phi) is 6.36. The van der Waals surface area contributed by atoms with Crippen molar-refractivity contribution in [3.63, 3.8) is 0 Å². The summed E-state index contributed by atoms with van der Waals surface area (Å²) in [7, 11) is 0. The molecule has 0 unspecified atom stereocenters. The van der Waals surface area contributed by atoms with Gasteiger partial charge < -0.3 is 4.74 Å². The highest BCUT2D eigenvalue weighted by Gasteiger charge is 2.08. The van der Waals surface area contributed by atoms with E-state index < -0.39 is 0 Å². The fourth-order valence-corrected chi connectivity index (χ4v) is 2.97. The lowest BCUT2D eigenvalue weighted by molar-refractivity contribution is -0.123. The molecule has 0 radical (unpaired) electrons. The SMILES string of the molecule is Cc1cc(Br)cc(C)c1OCC(=O)NN=Cc1ccc(Br)cc1. The first-order chi connectivity index (χ1) is 11.0. The lowest BCUT2D eigenvalue weighted by Crippen LogP contribution is -2.25. The normalized spacial score (nSPS) is 10.8. The van der Waals surface area contributed by atoms with Crippen LogP contribution in [0.25, 0.3) is 0 Å². The van der Waals surface area contributed by atoms with Crippen LogP contribution in [0, 0.1) is 13.8 Å². The maximum Gasteiger partial charge on any atom is 0.277 e. The Morgan fingerprint density at radius 3 is 2.35 bits per heavy atom. The number of aryl methyl sites for hydroxylation is 2. The van der Waals surface area contributed by atoms with Gasteiger partial charge in [0.1, 0.15) is 5.75 Å². The van der Waals surface area contributed by atoms with E-state index in [0.29, 0.717) is 0 Å². The summed E-state index contributed by atoms with van der Waals surface area (Å²) in [4.78, 5) is 11.8. The van der Waals surface area contributed by atoms with E-state index in [1.165, 1.54) is 0 Å².